The number of halogens is 2. The van der Waals surface area contributed by atoms with Crippen LogP contribution in [-0.2, 0) is 32.6 Å². The van der Waals surface area contributed by atoms with Crippen molar-refractivity contribution in [3.8, 4) is 5.75 Å². The van der Waals surface area contributed by atoms with Gasteiger partial charge in [-0.1, -0.05) is 77.7 Å². The maximum absolute atomic E-state index is 14.6. The maximum atomic E-state index is 14.6. The Bertz CT molecular complexity index is 1770. The van der Waals surface area contributed by atoms with E-state index in [0.29, 0.717) is 5.75 Å². The van der Waals surface area contributed by atoms with Crippen LogP contribution in [0.5, 0.6) is 5.75 Å². The van der Waals surface area contributed by atoms with Crippen molar-refractivity contribution in [3.05, 3.63) is 125 Å². The number of hydrogen-bond acceptors (Lipinski definition) is 5. The summed E-state index contributed by atoms with van der Waals surface area (Å²) in [4.78, 5) is 30.2. The zero-order valence-electron chi connectivity index (χ0n) is 26.7. The van der Waals surface area contributed by atoms with Gasteiger partial charge in [-0.25, -0.2) is 12.8 Å². The van der Waals surface area contributed by atoms with Crippen LogP contribution < -0.4 is 14.4 Å². The lowest BCUT2D eigenvalue weighted by Crippen LogP contribution is -2.55. The number of amides is 2. The molecule has 0 saturated heterocycles. The first kappa shape index (κ1) is 35.1. The third kappa shape index (κ3) is 9.02. The number of benzene rings is 4. The fraction of sp³-hybridized carbons (Fsp3) is 0.297. The van der Waals surface area contributed by atoms with Gasteiger partial charge < -0.3 is 15.0 Å². The second-order valence-corrected chi connectivity index (χ2v) is 14.6. The third-order valence-corrected chi connectivity index (χ3v) is 10.8. The topological polar surface area (TPSA) is 96.0 Å². The second kappa shape index (κ2) is 16.3. The summed E-state index contributed by atoms with van der Waals surface area (Å²) >= 11 is 3.46. The van der Waals surface area contributed by atoms with Gasteiger partial charge in [-0.15, -0.1) is 0 Å². The number of carbonyl (C=O) groups is 2. The van der Waals surface area contributed by atoms with E-state index in [1.165, 1.54) is 48.4 Å². The number of carbonyl (C=O) groups excluding carboxylic acids is 2. The highest BCUT2D eigenvalue weighted by atomic mass is 79.9. The van der Waals surface area contributed by atoms with E-state index in [9.17, 15) is 22.4 Å². The molecular formula is C37H39BrFN3O5S. The van der Waals surface area contributed by atoms with E-state index < -0.39 is 34.3 Å². The molecule has 1 saturated carbocycles. The van der Waals surface area contributed by atoms with Crippen LogP contribution in [0.3, 0.4) is 0 Å². The Balaban J connectivity index is 1.55. The van der Waals surface area contributed by atoms with Crippen LogP contribution in [0.2, 0.25) is 0 Å². The van der Waals surface area contributed by atoms with Gasteiger partial charge in [0.2, 0.25) is 11.8 Å². The number of hydrogen-bond donors (Lipinski definition) is 1. The number of sulfonamides is 1. The smallest absolute Gasteiger partial charge is 0.264 e. The standard InChI is InChI=1S/C37H39BrFN3O5S/c1-47-33-20-22-34(23-21-33)48(45,46)42(32-18-16-30(39)17-19-32)26-36(43)41(25-28-12-14-29(38)15-13-28)35(24-27-8-4-2-5-9-27)37(44)40-31-10-6-3-7-11-31/h2,4-5,8-9,12-23,31,35H,3,6-7,10-11,24-26H2,1H3,(H,40,44). The summed E-state index contributed by atoms with van der Waals surface area (Å²) < 4.78 is 49.4. The van der Waals surface area contributed by atoms with E-state index in [-0.39, 0.29) is 35.5 Å². The predicted molar refractivity (Wildman–Crippen MR) is 188 cm³/mol. The molecule has 0 spiro atoms. The Kier molecular flexibility index (Phi) is 11.9. The molecule has 5 rings (SSSR count). The molecule has 0 heterocycles. The fourth-order valence-corrected chi connectivity index (χ4v) is 7.57. The van der Waals surface area contributed by atoms with Crippen LogP contribution in [0.4, 0.5) is 10.1 Å². The second-order valence-electron chi connectivity index (χ2n) is 11.9. The van der Waals surface area contributed by atoms with Crippen molar-refractivity contribution in [2.75, 3.05) is 18.0 Å². The van der Waals surface area contributed by atoms with Crippen molar-refractivity contribution in [1.29, 1.82) is 0 Å². The first-order chi connectivity index (χ1) is 23.1. The fourth-order valence-electron chi connectivity index (χ4n) is 5.90. The van der Waals surface area contributed by atoms with E-state index in [1.807, 2.05) is 54.6 Å². The maximum Gasteiger partial charge on any atom is 0.264 e. The predicted octanol–water partition coefficient (Wildman–Crippen LogP) is 6.88. The van der Waals surface area contributed by atoms with Gasteiger partial charge in [0, 0.05) is 23.5 Å². The quantitative estimate of drug-likeness (QED) is 0.162. The summed E-state index contributed by atoms with van der Waals surface area (Å²) in [6.07, 6.45) is 5.11. The highest BCUT2D eigenvalue weighted by molar-refractivity contribution is 9.10. The average molecular weight is 737 g/mol. The molecule has 0 aromatic heterocycles. The SMILES string of the molecule is COc1ccc(S(=O)(=O)N(CC(=O)N(Cc2ccc(Br)cc2)C(Cc2ccccc2)C(=O)NC2CCCCC2)c2ccc(F)cc2)cc1. The summed E-state index contributed by atoms with van der Waals surface area (Å²) in [6.45, 7) is -0.569. The lowest BCUT2D eigenvalue weighted by molar-refractivity contribution is -0.140. The molecule has 8 nitrogen and oxygen atoms in total. The van der Waals surface area contributed by atoms with Crippen molar-refractivity contribution < 1.29 is 27.1 Å². The Morgan fingerprint density at radius 3 is 2.15 bits per heavy atom. The molecule has 1 aliphatic rings. The molecule has 1 N–H and O–H groups in total. The normalized spacial score (nSPS) is 14.1. The first-order valence-corrected chi connectivity index (χ1v) is 18.2. The number of nitrogens with one attached hydrogen (secondary N) is 1. The zero-order valence-corrected chi connectivity index (χ0v) is 29.1. The summed E-state index contributed by atoms with van der Waals surface area (Å²) in [7, 11) is -2.85. The molecule has 11 heteroatoms. The van der Waals surface area contributed by atoms with Crippen molar-refractivity contribution in [2.24, 2.45) is 0 Å². The number of anilines is 1. The molecule has 0 aliphatic heterocycles. The highest BCUT2D eigenvalue weighted by Gasteiger charge is 2.35. The van der Waals surface area contributed by atoms with Gasteiger partial charge in [0.15, 0.2) is 0 Å². The number of ether oxygens (including phenoxy) is 1. The van der Waals surface area contributed by atoms with Crippen LogP contribution in [0.1, 0.15) is 43.2 Å². The average Bonchev–Trinajstić information content (AvgIpc) is 3.10. The van der Waals surface area contributed by atoms with Gasteiger partial charge in [-0.3, -0.25) is 13.9 Å². The zero-order chi connectivity index (χ0) is 34.1. The molecule has 48 heavy (non-hydrogen) atoms. The van der Waals surface area contributed by atoms with Crippen LogP contribution >= 0.6 is 15.9 Å². The van der Waals surface area contributed by atoms with E-state index in [0.717, 1.165) is 64.1 Å². The van der Waals surface area contributed by atoms with E-state index >= 15 is 0 Å². The minimum atomic E-state index is -4.33. The highest BCUT2D eigenvalue weighted by Crippen LogP contribution is 2.27. The molecule has 1 unspecified atom stereocenters. The van der Waals surface area contributed by atoms with Gasteiger partial charge >= 0.3 is 0 Å². The number of methoxy groups -OCH3 is 1. The summed E-state index contributed by atoms with van der Waals surface area (Å²) in [6, 6.07) is 26.7. The van der Waals surface area contributed by atoms with Crippen LogP contribution in [-0.4, -0.2) is 50.9 Å². The Labute approximate surface area is 290 Å². The Morgan fingerprint density at radius 2 is 1.52 bits per heavy atom. The van der Waals surface area contributed by atoms with Crippen molar-refractivity contribution >= 4 is 43.5 Å². The van der Waals surface area contributed by atoms with Crippen molar-refractivity contribution in [2.45, 2.75) is 62.0 Å². The van der Waals surface area contributed by atoms with Gasteiger partial charge in [0.1, 0.15) is 24.2 Å². The third-order valence-electron chi connectivity index (χ3n) is 8.53. The van der Waals surface area contributed by atoms with E-state index in [4.69, 9.17) is 4.74 Å². The molecular weight excluding hydrogens is 697 g/mol. The molecule has 4 aromatic carbocycles. The van der Waals surface area contributed by atoms with Gasteiger partial charge in [-0.2, -0.15) is 0 Å². The minimum absolute atomic E-state index is 0.000296. The first-order valence-electron chi connectivity index (χ1n) is 15.9. The molecule has 4 aromatic rings. The summed E-state index contributed by atoms with van der Waals surface area (Å²) in [5.41, 5.74) is 1.73. The largest absolute Gasteiger partial charge is 0.497 e. The summed E-state index contributed by atoms with van der Waals surface area (Å²) in [5, 5.41) is 3.20. The lowest BCUT2D eigenvalue weighted by Gasteiger charge is -2.35. The molecule has 0 bridgehead atoms. The van der Waals surface area contributed by atoms with E-state index in [2.05, 4.69) is 21.2 Å². The van der Waals surface area contributed by atoms with Crippen LogP contribution in [0.25, 0.3) is 0 Å². The summed E-state index contributed by atoms with van der Waals surface area (Å²) in [5.74, 6) is -0.959. The van der Waals surface area contributed by atoms with Crippen LogP contribution in [0.15, 0.2) is 112 Å². The minimum Gasteiger partial charge on any atom is -0.497 e. The molecule has 252 valence electrons. The number of rotatable bonds is 13. The van der Waals surface area contributed by atoms with Gasteiger partial charge in [0.25, 0.3) is 10.0 Å². The number of nitrogens with zero attached hydrogens (tertiary/aromatic N) is 2. The molecule has 1 fully saturated rings. The van der Waals surface area contributed by atoms with Crippen molar-refractivity contribution in [3.63, 3.8) is 0 Å². The van der Waals surface area contributed by atoms with Crippen molar-refractivity contribution in [1.82, 2.24) is 10.2 Å². The molecule has 1 aliphatic carbocycles. The molecule has 1 atom stereocenters. The monoisotopic (exact) mass is 735 g/mol. The molecule has 0 radical (unpaired) electrons. The Hall–Kier alpha value is -4.22. The van der Waals surface area contributed by atoms with Crippen LogP contribution in [0, 0.1) is 5.82 Å². The molecule has 2 amide bonds. The Morgan fingerprint density at radius 1 is 0.875 bits per heavy atom. The van der Waals surface area contributed by atoms with E-state index in [1.54, 1.807) is 0 Å². The van der Waals surface area contributed by atoms with Gasteiger partial charge in [0.05, 0.1) is 17.7 Å². The van der Waals surface area contributed by atoms with Gasteiger partial charge in [-0.05, 0) is 84.6 Å². The lowest BCUT2D eigenvalue weighted by atomic mass is 9.94.